The van der Waals surface area contributed by atoms with Gasteiger partial charge in [0.25, 0.3) is 0 Å². The number of para-hydroxylation sites is 1. The number of amidine groups is 1. The lowest BCUT2D eigenvalue weighted by atomic mass is 10.3. The van der Waals surface area contributed by atoms with Gasteiger partial charge < -0.3 is 18.1 Å². The fraction of sp³-hybridized carbons (Fsp3) is 0. The molecule has 0 saturated carbocycles. The summed E-state index contributed by atoms with van der Waals surface area (Å²) in [4.78, 5) is 5.31. The first-order chi connectivity index (χ1) is 6.86. The van der Waals surface area contributed by atoms with Crippen molar-refractivity contribution < 1.29 is 12.4 Å². The molecule has 2 nitrogen and oxygen atoms in total. The van der Waals surface area contributed by atoms with Gasteiger partial charge in [-0.25, -0.2) is 4.99 Å². The predicted octanol–water partition coefficient (Wildman–Crippen LogP) is -0.211. The predicted molar refractivity (Wildman–Crippen MR) is 61.1 cm³/mol. The molecule has 0 bridgehead atoms. The van der Waals surface area contributed by atoms with Crippen LogP contribution in [0.1, 0.15) is 4.88 Å². The zero-order valence-corrected chi connectivity index (χ0v) is 9.50. The fourth-order valence-corrected chi connectivity index (χ4v) is 1.75. The first kappa shape index (κ1) is 11.8. The minimum atomic E-state index is 0. The van der Waals surface area contributed by atoms with Crippen LogP contribution in [0.2, 0.25) is 0 Å². The molecule has 1 heterocycles. The largest absolute Gasteiger partial charge is 1.00 e. The normalized spacial score (nSPS) is 10.8. The number of benzene rings is 1. The Labute approximate surface area is 98.9 Å². The first-order valence-corrected chi connectivity index (χ1v) is 5.17. The summed E-state index contributed by atoms with van der Waals surface area (Å²) in [6.45, 7) is 0. The van der Waals surface area contributed by atoms with Crippen LogP contribution in [0, 0.1) is 0 Å². The van der Waals surface area contributed by atoms with Crippen molar-refractivity contribution in [2.75, 3.05) is 0 Å². The van der Waals surface area contributed by atoms with Crippen molar-refractivity contribution >= 4 is 22.9 Å². The molecule has 2 N–H and O–H groups in total. The van der Waals surface area contributed by atoms with Gasteiger partial charge in [-0.05, 0) is 23.6 Å². The lowest BCUT2D eigenvalue weighted by Gasteiger charge is -1.96. The van der Waals surface area contributed by atoms with Gasteiger partial charge in [-0.2, -0.15) is 0 Å². The SMILES string of the molecule is NC(=Nc1ccccc1)c1cccs1.[Cl-]. The van der Waals surface area contributed by atoms with Crippen LogP contribution < -0.4 is 18.1 Å². The van der Waals surface area contributed by atoms with Gasteiger partial charge >= 0.3 is 0 Å². The highest BCUT2D eigenvalue weighted by molar-refractivity contribution is 7.12. The van der Waals surface area contributed by atoms with Crippen molar-refractivity contribution in [3.63, 3.8) is 0 Å². The topological polar surface area (TPSA) is 38.4 Å². The molecule has 0 saturated heterocycles. The number of thiophene rings is 1. The second-order valence-electron chi connectivity index (χ2n) is 2.81. The van der Waals surface area contributed by atoms with Crippen LogP contribution in [0.5, 0.6) is 0 Å². The third-order valence-electron chi connectivity index (χ3n) is 1.78. The molecule has 2 rings (SSSR count). The molecule has 0 aliphatic heterocycles. The number of rotatable bonds is 2. The lowest BCUT2D eigenvalue weighted by molar-refractivity contribution is -0.00000288. The van der Waals surface area contributed by atoms with E-state index in [1.165, 1.54) is 0 Å². The Balaban J connectivity index is 0.00000112. The second kappa shape index (κ2) is 5.53. The molecular formula is C11H10ClN2S-. The van der Waals surface area contributed by atoms with Crippen LogP contribution in [0.15, 0.2) is 52.8 Å². The molecule has 2 aromatic rings. The first-order valence-electron chi connectivity index (χ1n) is 4.29. The maximum absolute atomic E-state index is 5.83. The number of nitrogens with zero attached hydrogens (tertiary/aromatic N) is 1. The smallest absolute Gasteiger partial charge is 0.141 e. The summed E-state index contributed by atoms with van der Waals surface area (Å²) >= 11 is 1.59. The van der Waals surface area contributed by atoms with E-state index in [4.69, 9.17) is 5.73 Å². The summed E-state index contributed by atoms with van der Waals surface area (Å²) in [7, 11) is 0. The number of hydrogen-bond acceptors (Lipinski definition) is 2. The third-order valence-corrected chi connectivity index (χ3v) is 2.67. The molecular weight excluding hydrogens is 228 g/mol. The van der Waals surface area contributed by atoms with Gasteiger partial charge in [-0.3, -0.25) is 0 Å². The molecule has 0 spiro atoms. The van der Waals surface area contributed by atoms with Crippen molar-refractivity contribution in [1.29, 1.82) is 0 Å². The molecule has 0 aliphatic carbocycles. The van der Waals surface area contributed by atoms with Gasteiger partial charge in [-0.1, -0.05) is 24.3 Å². The molecule has 15 heavy (non-hydrogen) atoms. The molecule has 0 aliphatic rings. The summed E-state index contributed by atoms with van der Waals surface area (Å²) in [6.07, 6.45) is 0. The zero-order chi connectivity index (χ0) is 9.80. The molecule has 0 radical (unpaired) electrons. The monoisotopic (exact) mass is 237 g/mol. The van der Waals surface area contributed by atoms with Crippen molar-refractivity contribution in [3.05, 3.63) is 52.7 Å². The highest BCUT2D eigenvalue weighted by Gasteiger charge is 1.98. The van der Waals surface area contributed by atoms with Gasteiger partial charge in [0.05, 0.1) is 10.6 Å². The van der Waals surface area contributed by atoms with Crippen LogP contribution in [0.3, 0.4) is 0 Å². The Morgan fingerprint density at radius 1 is 1.07 bits per heavy atom. The third kappa shape index (κ3) is 3.08. The van der Waals surface area contributed by atoms with Gasteiger partial charge in [0.15, 0.2) is 0 Å². The highest BCUT2D eigenvalue weighted by Crippen LogP contribution is 2.13. The van der Waals surface area contributed by atoms with Gasteiger partial charge in [0.1, 0.15) is 5.84 Å². The lowest BCUT2D eigenvalue weighted by Crippen LogP contribution is -3.00. The molecule has 78 valence electrons. The average Bonchev–Trinajstić information content (AvgIpc) is 2.72. The van der Waals surface area contributed by atoms with E-state index >= 15 is 0 Å². The Bertz CT molecular complexity index is 423. The van der Waals surface area contributed by atoms with Crippen molar-refractivity contribution in [1.82, 2.24) is 0 Å². The number of nitrogens with two attached hydrogens (primary N) is 1. The van der Waals surface area contributed by atoms with Crippen molar-refractivity contribution in [2.24, 2.45) is 10.7 Å². The maximum Gasteiger partial charge on any atom is 0.141 e. The zero-order valence-electron chi connectivity index (χ0n) is 7.93. The Kier molecular flexibility index (Phi) is 4.34. The minimum Gasteiger partial charge on any atom is -1.00 e. The van der Waals surface area contributed by atoms with E-state index in [0.717, 1.165) is 10.6 Å². The van der Waals surface area contributed by atoms with Crippen molar-refractivity contribution in [3.8, 4) is 0 Å². The fourth-order valence-electron chi connectivity index (χ4n) is 1.12. The minimum absolute atomic E-state index is 0. The second-order valence-corrected chi connectivity index (χ2v) is 3.76. The van der Waals surface area contributed by atoms with E-state index in [9.17, 15) is 0 Å². The molecule has 0 atom stereocenters. The molecule has 1 aromatic carbocycles. The Morgan fingerprint density at radius 2 is 1.80 bits per heavy atom. The average molecular weight is 238 g/mol. The molecule has 0 unspecified atom stereocenters. The van der Waals surface area contributed by atoms with E-state index in [1.54, 1.807) is 11.3 Å². The van der Waals surface area contributed by atoms with Crippen LogP contribution in [0.4, 0.5) is 5.69 Å². The van der Waals surface area contributed by atoms with E-state index in [1.807, 2.05) is 47.8 Å². The quantitative estimate of drug-likeness (QED) is 0.570. The summed E-state index contributed by atoms with van der Waals surface area (Å²) in [5, 5.41) is 1.99. The summed E-state index contributed by atoms with van der Waals surface area (Å²) < 4.78 is 0. The highest BCUT2D eigenvalue weighted by atomic mass is 35.5. The molecule has 1 aromatic heterocycles. The summed E-state index contributed by atoms with van der Waals surface area (Å²) in [5.41, 5.74) is 6.72. The Hall–Kier alpha value is -1.32. The van der Waals surface area contributed by atoms with E-state index < -0.39 is 0 Å². The van der Waals surface area contributed by atoms with Crippen LogP contribution in [0.25, 0.3) is 0 Å². The maximum atomic E-state index is 5.83. The van der Waals surface area contributed by atoms with E-state index in [2.05, 4.69) is 4.99 Å². The summed E-state index contributed by atoms with van der Waals surface area (Å²) in [5.74, 6) is 0.575. The van der Waals surface area contributed by atoms with E-state index in [-0.39, 0.29) is 12.4 Å². The standard InChI is InChI=1S/C11H10N2S.ClH/c12-11(10-7-4-8-14-10)13-9-5-2-1-3-6-9;/h1-8H,(H2,12,13);1H/p-1. The number of halogens is 1. The number of hydrogen-bond donors (Lipinski definition) is 1. The van der Waals surface area contributed by atoms with Crippen molar-refractivity contribution in [2.45, 2.75) is 0 Å². The molecule has 4 heteroatoms. The van der Waals surface area contributed by atoms with Crippen LogP contribution in [-0.2, 0) is 0 Å². The number of aliphatic imine (C=N–C) groups is 1. The van der Waals surface area contributed by atoms with Crippen LogP contribution >= 0.6 is 11.3 Å². The van der Waals surface area contributed by atoms with Gasteiger partial charge in [-0.15, -0.1) is 11.3 Å². The summed E-state index contributed by atoms with van der Waals surface area (Å²) in [6, 6.07) is 13.6. The Morgan fingerprint density at radius 3 is 2.40 bits per heavy atom. The van der Waals surface area contributed by atoms with Gasteiger partial charge in [0, 0.05) is 0 Å². The van der Waals surface area contributed by atoms with E-state index in [0.29, 0.717) is 5.84 Å². The molecule has 0 fully saturated rings. The van der Waals surface area contributed by atoms with Gasteiger partial charge in [0.2, 0.25) is 0 Å². The molecule has 0 amide bonds. The van der Waals surface area contributed by atoms with Crippen LogP contribution in [-0.4, -0.2) is 5.84 Å².